The first-order valence-corrected chi connectivity index (χ1v) is 12.3. The Kier molecular flexibility index (Phi) is 5.83. The van der Waals surface area contributed by atoms with Crippen molar-refractivity contribution in [3.8, 4) is 11.1 Å². The molecule has 2 aliphatic heterocycles. The van der Waals surface area contributed by atoms with Gasteiger partial charge < -0.3 is 14.4 Å². The van der Waals surface area contributed by atoms with Crippen molar-refractivity contribution in [2.75, 3.05) is 36.8 Å². The number of amides is 1. The number of carbonyl (C=O) groups is 1. The second-order valence-corrected chi connectivity index (χ2v) is 9.93. The van der Waals surface area contributed by atoms with Crippen LogP contribution in [-0.2, 0) is 22.5 Å². The molecule has 34 heavy (non-hydrogen) atoms. The van der Waals surface area contributed by atoms with Gasteiger partial charge >= 0.3 is 5.69 Å². The van der Waals surface area contributed by atoms with Gasteiger partial charge in [0.05, 0.1) is 17.1 Å². The third-order valence-electron chi connectivity index (χ3n) is 6.14. The fourth-order valence-corrected chi connectivity index (χ4v) is 6.32. The number of aryl methyl sites for hydroxylation is 1. The summed E-state index contributed by atoms with van der Waals surface area (Å²) in [7, 11) is 0. The van der Waals surface area contributed by atoms with Crippen molar-refractivity contribution in [2.24, 2.45) is 0 Å². The molecule has 0 radical (unpaired) electrons. The maximum atomic E-state index is 14.7. The van der Waals surface area contributed by atoms with Crippen LogP contribution in [0.4, 0.5) is 14.6 Å². The minimum Gasteiger partial charge on any atom is -0.611 e. The molecule has 0 spiro atoms. The highest BCUT2D eigenvalue weighted by Gasteiger charge is 2.34. The van der Waals surface area contributed by atoms with Gasteiger partial charge in [-0.3, -0.25) is 9.36 Å². The van der Waals surface area contributed by atoms with Crippen molar-refractivity contribution in [3.05, 3.63) is 64.1 Å². The number of hydrogen-bond acceptors (Lipinski definition) is 5. The highest BCUT2D eigenvalue weighted by atomic mass is 35.5. The summed E-state index contributed by atoms with van der Waals surface area (Å²) in [6.07, 6.45) is 1.26. The Morgan fingerprint density at radius 3 is 2.59 bits per heavy atom. The van der Waals surface area contributed by atoms with Gasteiger partial charge in [-0.1, -0.05) is 18.2 Å². The quantitative estimate of drug-likeness (QED) is 0.404. The van der Waals surface area contributed by atoms with Crippen LogP contribution in [0.2, 0.25) is 5.02 Å². The predicted octanol–water partition coefficient (Wildman–Crippen LogP) is 2.95. The zero-order valence-corrected chi connectivity index (χ0v) is 19.5. The normalized spacial score (nSPS) is 17.8. The van der Waals surface area contributed by atoms with E-state index in [1.54, 1.807) is 11.0 Å². The Hall–Kier alpha value is -2.95. The number of rotatable bonds is 3. The molecule has 2 aromatic carbocycles. The average molecular weight is 505 g/mol. The number of anilines is 1. The van der Waals surface area contributed by atoms with E-state index in [0.717, 1.165) is 12.1 Å². The monoisotopic (exact) mass is 504 g/mol. The molecule has 2 aliphatic rings. The van der Waals surface area contributed by atoms with Gasteiger partial charge in [-0.15, -0.1) is 0 Å². The molecule has 0 aliphatic carbocycles. The van der Waals surface area contributed by atoms with Crippen LogP contribution in [0.3, 0.4) is 0 Å². The van der Waals surface area contributed by atoms with Crippen molar-refractivity contribution >= 4 is 45.4 Å². The van der Waals surface area contributed by atoms with Gasteiger partial charge in [-0.2, -0.15) is 4.98 Å². The minimum absolute atomic E-state index is 0.00691. The Morgan fingerprint density at radius 2 is 1.91 bits per heavy atom. The van der Waals surface area contributed by atoms with E-state index >= 15 is 0 Å². The standard InChI is InChI=1S/C23H19ClF2N4O3S/c1-2-18(31)28-5-7-29(8-6-28)22-15-12-16(24)19(14-4-3-13(25)11-17(14)26)21-20(15)30(23(32)27-22)9-10-34(21)33/h2-4,11-12H,1,5-10H2. The molecule has 0 N–H and O–H groups in total. The van der Waals surface area contributed by atoms with E-state index in [9.17, 15) is 22.9 Å². The largest absolute Gasteiger partial charge is 0.611 e. The molecule has 0 bridgehead atoms. The molecule has 1 atom stereocenters. The van der Waals surface area contributed by atoms with Crippen molar-refractivity contribution in [2.45, 2.75) is 11.4 Å². The van der Waals surface area contributed by atoms with Crippen LogP contribution in [0.5, 0.6) is 0 Å². The lowest BCUT2D eigenvalue weighted by Crippen LogP contribution is -2.49. The fraction of sp³-hybridized carbons (Fsp3) is 0.261. The number of piperazine rings is 1. The van der Waals surface area contributed by atoms with Gasteiger partial charge in [-0.05, 0) is 35.5 Å². The van der Waals surface area contributed by atoms with Gasteiger partial charge in [0.1, 0.15) is 28.7 Å². The second-order valence-electron chi connectivity index (χ2n) is 8.02. The van der Waals surface area contributed by atoms with E-state index in [1.165, 1.54) is 16.7 Å². The van der Waals surface area contributed by atoms with Crippen molar-refractivity contribution in [3.63, 3.8) is 0 Å². The number of halogens is 3. The van der Waals surface area contributed by atoms with Gasteiger partial charge in [0.15, 0.2) is 4.90 Å². The third kappa shape index (κ3) is 3.66. The van der Waals surface area contributed by atoms with Crippen LogP contribution in [0.15, 0.2) is 46.6 Å². The van der Waals surface area contributed by atoms with E-state index in [2.05, 4.69) is 11.6 Å². The van der Waals surface area contributed by atoms with E-state index in [-0.39, 0.29) is 39.2 Å². The molecule has 7 nitrogen and oxygen atoms in total. The number of carbonyl (C=O) groups excluding carboxylic acids is 1. The van der Waals surface area contributed by atoms with E-state index in [1.807, 2.05) is 4.90 Å². The molecular weight excluding hydrogens is 486 g/mol. The minimum atomic E-state index is -1.57. The summed E-state index contributed by atoms with van der Waals surface area (Å²) in [6.45, 7) is 5.39. The molecule has 1 saturated heterocycles. The maximum Gasteiger partial charge on any atom is 0.350 e. The number of hydrogen-bond donors (Lipinski definition) is 0. The SMILES string of the molecule is C=CC(=O)N1CCN(c2nc(=O)n3c4c(c(-c5ccc(F)cc5F)c(Cl)cc24)[S+]([O-])CC3)CC1. The molecule has 5 rings (SSSR count). The third-order valence-corrected chi connectivity index (χ3v) is 7.85. The Balaban J connectivity index is 1.72. The lowest BCUT2D eigenvalue weighted by molar-refractivity contribution is -0.126. The summed E-state index contributed by atoms with van der Waals surface area (Å²) in [6, 6.07) is 4.68. The first-order chi connectivity index (χ1) is 16.3. The topological polar surface area (TPSA) is 81.5 Å². The molecule has 11 heteroatoms. The van der Waals surface area contributed by atoms with Crippen LogP contribution in [0, 0.1) is 11.6 Å². The summed E-state index contributed by atoms with van der Waals surface area (Å²) in [5.41, 5.74) is 0.0501. The zero-order chi connectivity index (χ0) is 24.1. The number of aromatic nitrogens is 2. The van der Waals surface area contributed by atoms with E-state index in [4.69, 9.17) is 11.6 Å². The number of benzene rings is 2. The van der Waals surface area contributed by atoms with Crippen molar-refractivity contribution < 1.29 is 18.1 Å². The first kappa shape index (κ1) is 22.8. The van der Waals surface area contributed by atoms with E-state index < -0.39 is 28.5 Å². The molecule has 1 amide bonds. The summed E-state index contributed by atoms with van der Waals surface area (Å²) in [5, 5.41) is 0.638. The molecule has 3 heterocycles. The maximum absolute atomic E-state index is 14.7. The van der Waals surface area contributed by atoms with Crippen LogP contribution in [-0.4, -0.2) is 56.8 Å². The second kappa shape index (κ2) is 8.68. The van der Waals surface area contributed by atoms with Crippen LogP contribution in [0.25, 0.3) is 22.0 Å². The summed E-state index contributed by atoms with van der Waals surface area (Å²) < 4.78 is 42.9. The highest BCUT2D eigenvalue weighted by molar-refractivity contribution is 7.91. The lowest BCUT2D eigenvalue weighted by Gasteiger charge is -2.36. The Bertz CT molecular complexity index is 1410. The van der Waals surface area contributed by atoms with Crippen LogP contribution < -0.4 is 10.6 Å². The molecule has 1 aromatic heterocycles. The molecular formula is C23H19ClF2N4O3S. The molecule has 1 fully saturated rings. The highest BCUT2D eigenvalue weighted by Crippen LogP contribution is 2.44. The average Bonchev–Trinajstić information content (AvgIpc) is 2.82. The number of nitrogens with zero attached hydrogens (tertiary/aromatic N) is 4. The van der Waals surface area contributed by atoms with Gasteiger partial charge in [0.25, 0.3) is 0 Å². The summed E-state index contributed by atoms with van der Waals surface area (Å²) in [5.74, 6) is -1.25. The molecule has 1 unspecified atom stereocenters. The molecule has 3 aromatic rings. The van der Waals surface area contributed by atoms with E-state index in [0.29, 0.717) is 42.9 Å². The fourth-order valence-electron chi connectivity index (χ4n) is 4.52. The summed E-state index contributed by atoms with van der Waals surface area (Å²) in [4.78, 5) is 33.0. The molecule has 176 valence electrons. The lowest BCUT2D eigenvalue weighted by atomic mass is 10.0. The van der Waals surface area contributed by atoms with Crippen molar-refractivity contribution in [1.29, 1.82) is 0 Å². The van der Waals surface area contributed by atoms with Gasteiger partial charge in [0.2, 0.25) is 5.91 Å². The van der Waals surface area contributed by atoms with Crippen LogP contribution in [0.1, 0.15) is 0 Å². The summed E-state index contributed by atoms with van der Waals surface area (Å²) >= 11 is 5.04. The zero-order valence-electron chi connectivity index (χ0n) is 17.9. The predicted molar refractivity (Wildman–Crippen MR) is 127 cm³/mol. The van der Waals surface area contributed by atoms with Crippen LogP contribution >= 0.6 is 11.6 Å². The Morgan fingerprint density at radius 1 is 1.18 bits per heavy atom. The Labute approximate surface area is 201 Å². The smallest absolute Gasteiger partial charge is 0.350 e. The first-order valence-electron chi connectivity index (χ1n) is 10.6. The van der Waals surface area contributed by atoms with Crippen molar-refractivity contribution in [1.82, 2.24) is 14.5 Å². The van der Waals surface area contributed by atoms with Gasteiger partial charge in [0, 0.05) is 43.2 Å². The van der Waals surface area contributed by atoms with Gasteiger partial charge in [-0.25, -0.2) is 13.6 Å². The molecule has 0 saturated carbocycles.